The summed E-state index contributed by atoms with van der Waals surface area (Å²) < 4.78 is 45.7. The van der Waals surface area contributed by atoms with Crippen molar-refractivity contribution in [1.82, 2.24) is 19.7 Å². The van der Waals surface area contributed by atoms with Crippen molar-refractivity contribution < 1.29 is 28.1 Å². The number of aliphatic hydroxyl groups is 1. The van der Waals surface area contributed by atoms with E-state index in [0.29, 0.717) is 30.3 Å². The molecule has 1 aliphatic rings. The minimum absolute atomic E-state index is 0.169. The first-order valence-corrected chi connectivity index (χ1v) is 8.63. The maximum atomic E-state index is 12.9. The molecule has 0 unspecified atom stereocenters. The summed E-state index contributed by atoms with van der Waals surface area (Å²) in [5, 5.41) is 28.5. The molecule has 1 aromatic carbocycles. The van der Waals surface area contributed by atoms with Gasteiger partial charge in [-0.05, 0) is 37.1 Å². The number of aromatic nitrogens is 4. The van der Waals surface area contributed by atoms with Crippen molar-refractivity contribution in [2.75, 3.05) is 13.2 Å². The monoisotopic (exact) mass is 394 g/mol. The number of rotatable bonds is 2. The minimum atomic E-state index is -4.56. The average Bonchev–Trinajstić information content (AvgIpc) is 3.04. The number of phenolic OH excluding ortho intramolecular Hbond substituents is 1. The Bertz CT molecular complexity index is 1010. The van der Waals surface area contributed by atoms with Gasteiger partial charge in [-0.3, -0.25) is 0 Å². The second-order valence-electron chi connectivity index (χ2n) is 6.77. The number of phenols is 1. The molecule has 28 heavy (non-hydrogen) atoms. The van der Waals surface area contributed by atoms with Crippen molar-refractivity contribution in [3.05, 3.63) is 35.7 Å². The molecule has 10 heteroatoms. The Kier molecular flexibility index (Phi) is 4.47. The molecule has 148 valence electrons. The lowest BCUT2D eigenvalue weighted by molar-refractivity contribution is -0.137. The molecule has 2 N–H and O–H groups in total. The van der Waals surface area contributed by atoms with Gasteiger partial charge in [0, 0.05) is 12.2 Å². The van der Waals surface area contributed by atoms with E-state index in [9.17, 15) is 23.4 Å². The highest BCUT2D eigenvalue weighted by molar-refractivity contribution is 5.79. The first-order chi connectivity index (χ1) is 13.3. The third-order valence-corrected chi connectivity index (χ3v) is 4.87. The van der Waals surface area contributed by atoms with Gasteiger partial charge in [-0.1, -0.05) is 0 Å². The summed E-state index contributed by atoms with van der Waals surface area (Å²) in [6, 6.07) is 2.93. The van der Waals surface area contributed by atoms with Crippen LogP contribution in [0.4, 0.5) is 13.2 Å². The van der Waals surface area contributed by atoms with E-state index in [1.807, 2.05) is 0 Å². The SMILES string of the molecule is Cc1cc(C(F)(F)F)cc(O)c1-c1cc2ncn([C@@H]3CCOC[C@H]3O)c2nn1. The highest BCUT2D eigenvalue weighted by Crippen LogP contribution is 2.38. The molecule has 1 fully saturated rings. The second kappa shape index (κ2) is 6.71. The van der Waals surface area contributed by atoms with Crippen molar-refractivity contribution in [3.8, 4) is 17.0 Å². The second-order valence-corrected chi connectivity index (χ2v) is 6.77. The van der Waals surface area contributed by atoms with Crippen molar-refractivity contribution >= 4 is 11.2 Å². The molecule has 0 spiro atoms. The Hall–Kier alpha value is -2.72. The van der Waals surface area contributed by atoms with Crippen LogP contribution in [0.5, 0.6) is 5.75 Å². The quantitative estimate of drug-likeness (QED) is 0.694. The fraction of sp³-hybridized carbons (Fsp3) is 0.389. The van der Waals surface area contributed by atoms with E-state index in [4.69, 9.17) is 4.74 Å². The summed E-state index contributed by atoms with van der Waals surface area (Å²) in [6.07, 6.45) is -3.12. The number of halogens is 3. The van der Waals surface area contributed by atoms with E-state index in [-0.39, 0.29) is 29.5 Å². The highest BCUT2D eigenvalue weighted by Gasteiger charge is 2.32. The van der Waals surface area contributed by atoms with E-state index >= 15 is 0 Å². The van der Waals surface area contributed by atoms with Gasteiger partial charge in [0.2, 0.25) is 0 Å². The standard InChI is InChI=1S/C18H17F3N4O3/c1-9-4-10(18(19,20)21)5-14(26)16(9)11-6-12-17(24-23-11)25(8-22-12)13-2-3-28-7-15(13)27/h4-6,8,13,15,26-27H,2-3,7H2,1H3/t13-,15-/m1/s1. The van der Waals surface area contributed by atoms with Crippen molar-refractivity contribution in [2.24, 2.45) is 0 Å². The summed E-state index contributed by atoms with van der Waals surface area (Å²) in [5.41, 5.74) is 0.580. The predicted octanol–water partition coefficient (Wildman–Crippen LogP) is 2.85. The number of ether oxygens (including phenoxy) is 1. The summed E-state index contributed by atoms with van der Waals surface area (Å²) in [6.45, 7) is 2.19. The van der Waals surface area contributed by atoms with E-state index in [2.05, 4.69) is 15.2 Å². The van der Waals surface area contributed by atoms with Crippen LogP contribution in [0, 0.1) is 6.92 Å². The lowest BCUT2D eigenvalue weighted by atomic mass is 10.0. The number of hydrogen-bond donors (Lipinski definition) is 2. The zero-order valence-electron chi connectivity index (χ0n) is 14.8. The zero-order chi connectivity index (χ0) is 20.1. The maximum absolute atomic E-state index is 12.9. The summed E-state index contributed by atoms with van der Waals surface area (Å²) in [7, 11) is 0. The van der Waals surface area contributed by atoms with Crippen LogP contribution in [-0.2, 0) is 10.9 Å². The fourth-order valence-corrected chi connectivity index (χ4v) is 3.50. The molecule has 0 radical (unpaired) electrons. The van der Waals surface area contributed by atoms with Gasteiger partial charge in [0.05, 0.1) is 36.3 Å². The molecule has 1 saturated heterocycles. The molecule has 0 amide bonds. The Balaban J connectivity index is 1.75. The number of aliphatic hydroxyl groups excluding tert-OH is 1. The Labute approximate surface area is 157 Å². The van der Waals surface area contributed by atoms with Crippen LogP contribution in [0.25, 0.3) is 22.4 Å². The molecule has 0 bridgehead atoms. The van der Waals surface area contributed by atoms with E-state index < -0.39 is 23.6 Å². The molecule has 2 aromatic heterocycles. The van der Waals surface area contributed by atoms with Crippen LogP contribution in [0.1, 0.15) is 23.6 Å². The number of alkyl halides is 3. The van der Waals surface area contributed by atoms with Gasteiger partial charge in [0.15, 0.2) is 5.65 Å². The lowest BCUT2D eigenvalue weighted by Crippen LogP contribution is -2.34. The third kappa shape index (κ3) is 3.18. The van der Waals surface area contributed by atoms with Crippen LogP contribution in [0.2, 0.25) is 0 Å². The highest BCUT2D eigenvalue weighted by atomic mass is 19.4. The van der Waals surface area contributed by atoms with Crippen LogP contribution < -0.4 is 0 Å². The third-order valence-electron chi connectivity index (χ3n) is 4.87. The predicted molar refractivity (Wildman–Crippen MR) is 92.6 cm³/mol. The van der Waals surface area contributed by atoms with Crippen LogP contribution >= 0.6 is 0 Å². The van der Waals surface area contributed by atoms with Crippen molar-refractivity contribution in [1.29, 1.82) is 0 Å². The van der Waals surface area contributed by atoms with Gasteiger partial charge in [0.1, 0.15) is 11.3 Å². The maximum Gasteiger partial charge on any atom is 0.416 e. The van der Waals surface area contributed by atoms with Crippen LogP contribution in [0.15, 0.2) is 24.5 Å². The zero-order valence-corrected chi connectivity index (χ0v) is 14.8. The molecular formula is C18H17F3N4O3. The summed E-state index contributed by atoms with van der Waals surface area (Å²) >= 11 is 0. The summed E-state index contributed by atoms with van der Waals surface area (Å²) in [4.78, 5) is 4.28. The average molecular weight is 394 g/mol. The Morgan fingerprint density at radius 2 is 2.00 bits per heavy atom. The summed E-state index contributed by atoms with van der Waals surface area (Å²) in [5.74, 6) is -0.528. The van der Waals surface area contributed by atoms with Crippen LogP contribution in [-0.4, -0.2) is 49.3 Å². The molecular weight excluding hydrogens is 377 g/mol. The van der Waals surface area contributed by atoms with Gasteiger partial charge in [0.25, 0.3) is 0 Å². The number of imidazole rings is 1. The number of aryl methyl sites for hydroxylation is 1. The lowest BCUT2D eigenvalue weighted by Gasteiger charge is -2.28. The van der Waals surface area contributed by atoms with Crippen LogP contribution in [0.3, 0.4) is 0 Å². The molecule has 7 nitrogen and oxygen atoms in total. The van der Waals surface area contributed by atoms with E-state index in [1.54, 1.807) is 17.0 Å². The van der Waals surface area contributed by atoms with Gasteiger partial charge >= 0.3 is 6.18 Å². The Morgan fingerprint density at radius 1 is 1.21 bits per heavy atom. The first kappa shape index (κ1) is 18.6. The fourth-order valence-electron chi connectivity index (χ4n) is 3.50. The number of hydrogen-bond acceptors (Lipinski definition) is 6. The molecule has 0 saturated carbocycles. The molecule has 3 heterocycles. The number of aromatic hydroxyl groups is 1. The van der Waals surface area contributed by atoms with E-state index in [1.165, 1.54) is 6.92 Å². The number of fused-ring (bicyclic) bond motifs is 1. The largest absolute Gasteiger partial charge is 0.507 e. The Morgan fingerprint density at radius 3 is 2.68 bits per heavy atom. The minimum Gasteiger partial charge on any atom is -0.507 e. The molecule has 4 rings (SSSR count). The van der Waals surface area contributed by atoms with Gasteiger partial charge in [-0.25, -0.2) is 4.98 Å². The van der Waals surface area contributed by atoms with E-state index in [0.717, 1.165) is 6.07 Å². The molecule has 1 aliphatic heterocycles. The topological polar surface area (TPSA) is 93.3 Å². The molecule has 2 atom stereocenters. The number of benzene rings is 1. The smallest absolute Gasteiger partial charge is 0.416 e. The molecule has 0 aliphatic carbocycles. The van der Waals surface area contributed by atoms with Gasteiger partial charge in [-0.2, -0.15) is 13.2 Å². The number of nitrogens with zero attached hydrogens (tertiary/aromatic N) is 4. The normalized spacial score (nSPS) is 20.6. The van der Waals surface area contributed by atoms with Crippen molar-refractivity contribution in [3.63, 3.8) is 0 Å². The van der Waals surface area contributed by atoms with Crippen molar-refractivity contribution in [2.45, 2.75) is 31.7 Å². The molecule has 3 aromatic rings. The first-order valence-electron chi connectivity index (χ1n) is 8.63. The van der Waals surface area contributed by atoms with Gasteiger partial charge in [-0.15, -0.1) is 10.2 Å². The van der Waals surface area contributed by atoms with Gasteiger partial charge < -0.3 is 19.5 Å².